The molecule has 1 aromatic heterocycles. The number of para-hydroxylation sites is 2. The number of ether oxygens (including phenoxy) is 1. The Hall–Kier alpha value is -2.74. The largest absolute Gasteiger partial charge is 0.466 e. The van der Waals surface area contributed by atoms with Gasteiger partial charge in [-0.15, -0.1) is 0 Å². The van der Waals surface area contributed by atoms with Crippen molar-refractivity contribution in [3.05, 3.63) is 40.3 Å². The molecule has 5 atom stereocenters. The zero-order valence-electron chi connectivity index (χ0n) is 24.1. The van der Waals surface area contributed by atoms with Gasteiger partial charge in [0.15, 0.2) is 5.69 Å². The van der Waals surface area contributed by atoms with Crippen molar-refractivity contribution in [2.45, 2.75) is 115 Å². The first-order valence-corrected chi connectivity index (χ1v) is 15.6. The van der Waals surface area contributed by atoms with Crippen LogP contribution in [0.5, 0.6) is 0 Å². The molecule has 3 heterocycles. The van der Waals surface area contributed by atoms with Gasteiger partial charge in [0.2, 0.25) is 0 Å². The number of aromatic nitrogens is 2. The highest BCUT2D eigenvalue weighted by molar-refractivity contribution is 6.00. The van der Waals surface area contributed by atoms with Crippen LogP contribution in [0.25, 0.3) is 11.0 Å². The van der Waals surface area contributed by atoms with Crippen LogP contribution in [0, 0.1) is 11.8 Å². The molecule has 2 aliphatic carbocycles. The molecule has 3 unspecified atom stereocenters. The predicted molar refractivity (Wildman–Crippen MR) is 155 cm³/mol. The third-order valence-corrected chi connectivity index (χ3v) is 10.0. The van der Waals surface area contributed by atoms with Crippen LogP contribution in [0.15, 0.2) is 34.2 Å². The average Bonchev–Trinajstić information content (AvgIpc) is 2.94. The van der Waals surface area contributed by atoms with Crippen LogP contribution in [-0.4, -0.2) is 58.0 Å². The molecule has 8 nitrogen and oxygen atoms in total. The molecule has 40 heavy (non-hydrogen) atoms. The van der Waals surface area contributed by atoms with E-state index in [1.54, 1.807) is 6.92 Å². The smallest absolute Gasteiger partial charge is 0.306 e. The summed E-state index contributed by atoms with van der Waals surface area (Å²) in [4.78, 5) is 39.1. The molecule has 2 aliphatic heterocycles. The lowest BCUT2D eigenvalue weighted by atomic mass is 9.68. The highest BCUT2D eigenvalue weighted by Gasteiger charge is 2.45. The zero-order chi connectivity index (χ0) is 27.6. The number of piperidine rings is 2. The van der Waals surface area contributed by atoms with Crippen molar-refractivity contribution >= 4 is 22.7 Å². The standard InChI is InChI=1S/C32H44N4O4/c1-3-40-30(37)15-14-28(34-39-2)31-32(38)36(29-13-5-4-12-27(29)33-31)26-19-23-10-7-11-24(20-26)35(23)25-17-21-8-6-9-22(16-21)18-25/h4-5,12-13,21-26H,3,6-11,14-20H2,1-2H3/b34-28+/t21?,22?,23-,24+,25?,26?. The lowest BCUT2D eigenvalue weighted by Gasteiger charge is -2.55. The Labute approximate surface area is 237 Å². The summed E-state index contributed by atoms with van der Waals surface area (Å²) in [6.07, 6.45) is 14.5. The van der Waals surface area contributed by atoms with Crippen LogP contribution in [0.1, 0.15) is 102 Å². The lowest BCUT2D eigenvalue weighted by molar-refractivity contribution is -0.142. The van der Waals surface area contributed by atoms with E-state index in [-0.39, 0.29) is 36.1 Å². The Bertz CT molecular complexity index is 1280. The van der Waals surface area contributed by atoms with Gasteiger partial charge in [0.1, 0.15) is 12.8 Å². The van der Waals surface area contributed by atoms with Crippen molar-refractivity contribution in [3.63, 3.8) is 0 Å². The van der Waals surface area contributed by atoms with Gasteiger partial charge < -0.3 is 14.1 Å². The number of hydrogen-bond donors (Lipinski definition) is 0. The van der Waals surface area contributed by atoms with E-state index in [2.05, 4.69) is 10.1 Å². The molecule has 0 spiro atoms. The SMILES string of the molecule is CCOC(=O)CC/C(=N\OC)c1nc2ccccc2n(C2C[C@H]3CCC[C@@H](C2)N3C2CC3CCCC(C3)C2)c1=O. The van der Waals surface area contributed by atoms with Crippen molar-refractivity contribution in [3.8, 4) is 0 Å². The lowest BCUT2D eigenvalue weighted by Crippen LogP contribution is -2.58. The maximum atomic E-state index is 14.2. The molecule has 0 amide bonds. The van der Waals surface area contributed by atoms with Gasteiger partial charge in [0.05, 0.1) is 24.1 Å². The van der Waals surface area contributed by atoms with Crippen LogP contribution < -0.4 is 5.56 Å². The van der Waals surface area contributed by atoms with Gasteiger partial charge in [-0.1, -0.05) is 43.0 Å². The summed E-state index contributed by atoms with van der Waals surface area (Å²) in [6.45, 7) is 2.10. The monoisotopic (exact) mass is 548 g/mol. The number of hydrogen-bond acceptors (Lipinski definition) is 7. The number of nitrogens with zero attached hydrogens (tertiary/aromatic N) is 4. The zero-order valence-corrected chi connectivity index (χ0v) is 24.1. The maximum absolute atomic E-state index is 14.2. The van der Waals surface area contributed by atoms with Crippen LogP contribution in [0.2, 0.25) is 0 Å². The molecule has 4 aliphatic rings. The molecule has 2 saturated carbocycles. The second-order valence-corrected chi connectivity index (χ2v) is 12.5. The van der Waals surface area contributed by atoms with E-state index in [1.807, 2.05) is 28.8 Å². The van der Waals surface area contributed by atoms with Gasteiger partial charge in [-0.2, -0.15) is 0 Å². The fourth-order valence-corrected chi connectivity index (χ4v) is 8.61. The number of esters is 1. The van der Waals surface area contributed by atoms with E-state index in [4.69, 9.17) is 14.6 Å². The minimum Gasteiger partial charge on any atom is -0.466 e. The molecule has 4 bridgehead atoms. The minimum absolute atomic E-state index is 0.114. The van der Waals surface area contributed by atoms with E-state index in [9.17, 15) is 9.59 Å². The molecule has 1 aromatic carbocycles. The van der Waals surface area contributed by atoms with Gasteiger partial charge in [-0.25, -0.2) is 4.98 Å². The fourth-order valence-electron chi connectivity index (χ4n) is 8.61. The molecule has 6 rings (SSSR count). The first kappa shape index (κ1) is 27.4. The van der Waals surface area contributed by atoms with Crippen LogP contribution in [0.3, 0.4) is 0 Å². The quantitative estimate of drug-likeness (QED) is 0.242. The molecular weight excluding hydrogens is 504 g/mol. The number of carbonyl (C=O) groups excluding carboxylic acids is 1. The summed E-state index contributed by atoms with van der Waals surface area (Å²) in [7, 11) is 1.46. The molecule has 2 saturated heterocycles. The fraction of sp³-hybridized carbons (Fsp3) is 0.688. The first-order chi connectivity index (χ1) is 19.6. The normalized spacial score (nSPS) is 30.7. The van der Waals surface area contributed by atoms with Crippen molar-refractivity contribution < 1.29 is 14.4 Å². The Morgan fingerprint density at radius 1 is 0.925 bits per heavy atom. The summed E-state index contributed by atoms with van der Waals surface area (Å²) in [5.74, 6) is 1.51. The summed E-state index contributed by atoms with van der Waals surface area (Å²) in [5, 5.41) is 4.16. The molecule has 0 N–H and O–H groups in total. The van der Waals surface area contributed by atoms with Crippen molar-refractivity contribution in [1.29, 1.82) is 0 Å². The van der Waals surface area contributed by atoms with Crippen LogP contribution in [0.4, 0.5) is 0 Å². The van der Waals surface area contributed by atoms with Crippen molar-refractivity contribution in [2.24, 2.45) is 17.0 Å². The Balaban J connectivity index is 1.32. The molecule has 8 heteroatoms. The second-order valence-electron chi connectivity index (χ2n) is 12.5. The minimum atomic E-state index is -0.320. The van der Waals surface area contributed by atoms with E-state index < -0.39 is 0 Å². The second kappa shape index (κ2) is 12.0. The van der Waals surface area contributed by atoms with Crippen molar-refractivity contribution in [1.82, 2.24) is 14.5 Å². The number of rotatable bonds is 8. The summed E-state index contributed by atoms with van der Waals surface area (Å²) in [6, 6.07) is 9.80. The van der Waals surface area contributed by atoms with E-state index in [0.29, 0.717) is 30.4 Å². The predicted octanol–water partition coefficient (Wildman–Crippen LogP) is 5.62. The van der Waals surface area contributed by atoms with Gasteiger partial charge in [-0.05, 0) is 75.8 Å². The van der Waals surface area contributed by atoms with Crippen LogP contribution >= 0.6 is 0 Å². The van der Waals surface area contributed by atoms with E-state index in [0.717, 1.165) is 35.7 Å². The number of oxime groups is 1. The third-order valence-electron chi connectivity index (χ3n) is 10.0. The van der Waals surface area contributed by atoms with Gasteiger partial charge in [0.25, 0.3) is 5.56 Å². The van der Waals surface area contributed by atoms with E-state index >= 15 is 0 Å². The molecule has 216 valence electrons. The summed E-state index contributed by atoms with van der Waals surface area (Å²) >= 11 is 0. The highest BCUT2D eigenvalue weighted by Crippen LogP contribution is 2.47. The van der Waals surface area contributed by atoms with Crippen molar-refractivity contribution in [2.75, 3.05) is 13.7 Å². The highest BCUT2D eigenvalue weighted by atomic mass is 16.6. The molecule has 4 fully saturated rings. The summed E-state index contributed by atoms with van der Waals surface area (Å²) in [5.41, 5.74) is 2.18. The van der Waals surface area contributed by atoms with Gasteiger partial charge >= 0.3 is 5.97 Å². The Kier molecular flexibility index (Phi) is 8.24. The Morgan fingerprint density at radius 3 is 2.33 bits per heavy atom. The number of benzene rings is 1. The van der Waals surface area contributed by atoms with E-state index in [1.165, 1.54) is 64.9 Å². The van der Waals surface area contributed by atoms with Gasteiger partial charge in [-0.3, -0.25) is 14.5 Å². The third kappa shape index (κ3) is 5.44. The van der Waals surface area contributed by atoms with Gasteiger partial charge in [0, 0.05) is 30.6 Å². The molecule has 0 radical (unpaired) electrons. The topological polar surface area (TPSA) is 86.0 Å². The summed E-state index contributed by atoms with van der Waals surface area (Å²) < 4.78 is 7.11. The van der Waals surface area contributed by atoms with Crippen LogP contribution in [-0.2, 0) is 14.4 Å². The molecular formula is C32H44N4O4. The first-order valence-electron chi connectivity index (χ1n) is 15.6. The maximum Gasteiger partial charge on any atom is 0.306 e. The number of fused-ring (bicyclic) bond motifs is 5. The number of carbonyl (C=O) groups is 1. The average molecular weight is 549 g/mol. The molecule has 2 aromatic rings. The Morgan fingerprint density at radius 2 is 1.62 bits per heavy atom.